The zero-order valence-corrected chi connectivity index (χ0v) is 17.1. The normalized spacial score (nSPS) is 18.0. The molecule has 1 saturated heterocycles. The van der Waals surface area contributed by atoms with E-state index in [1.807, 2.05) is 13.8 Å². The van der Waals surface area contributed by atoms with Crippen molar-refractivity contribution >= 4 is 5.96 Å². The van der Waals surface area contributed by atoms with Gasteiger partial charge in [0.2, 0.25) is 0 Å². The molecule has 1 fully saturated rings. The smallest absolute Gasteiger partial charge is 0.191 e. The Balaban J connectivity index is 1.93. The number of nitrogens with zero attached hydrogens (tertiary/aromatic N) is 2. The topological polar surface area (TPSA) is 78.4 Å². The van der Waals surface area contributed by atoms with E-state index in [1.54, 1.807) is 19.2 Å². The van der Waals surface area contributed by atoms with Gasteiger partial charge in [-0.2, -0.15) is 0 Å². The number of halogens is 1. The molecule has 0 aliphatic carbocycles. The van der Waals surface area contributed by atoms with E-state index in [1.165, 1.54) is 6.07 Å². The molecule has 0 amide bonds. The number of aliphatic imine (C=N–C) groups is 1. The third-order valence-electron chi connectivity index (χ3n) is 4.48. The van der Waals surface area contributed by atoms with Gasteiger partial charge in [0.15, 0.2) is 5.96 Å². The van der Waals surface area contributed by atoms with E-state index >= 15 is 0 Å². The molecular weight excluding hydrogens is 363 g/mol. The average Bonchev–Trinajstić information content (AvgIpc) is 2.67. The number of benzene rings is 1. The van der Waals surface area contributed by atoms with Crippen molar-refractivity contribution in [1.29, 1.82) is 0 Å². The van der Waals surface area contributed by atoms with Gasteiger partial charge in [-0.25, -0.2) is 9.38 Å². The van der Waals surface area contributed by atoms with Crippen LogP contribution in [-0.4, -0.2) is 74.6 Å². The lowest BCUT2D eigenvalue weighted by Gasteiger charge is -2.34. The number of guanidine groups is 1. The second-order valence-electron chi connectivity index (χ2n) is 7.29. The van der Waals surface area contributed by atoms with Gasteiger partial charge in [-0.15, -0.1) is 0 Å². The Bertz CT molecular complexity index is 634. The fourth-order valence-corrected chi connectivity index (χ4v) is 3.08. The number of morpholine rings is 1. The summed E-state index contributed by atoms with van der Waals surface area (Å²) >= 11 is 0. The van der Waals surface area contributed by atoms with Crippen LogP contribution in [0.25, 0.3) is 0 Å². The summed E-state index contributed by atoms with van der Waals surface area (Å²) in [5.74, 6) is 0.334. The van der Waals surface area contributed by atoms with Gasteiger partial charge in [0, 0.05) is 45.4 Å². The van der Waals surface area contributed by atoms with Crippen LogP contribution in [0, 0.1) is 5.82 Å². The Morgan fingerprint density at radius 3 is 2.79 bits per heavy atom. The Hall–Kier alpha value is -1.74. The van der Waals surface area contributed by atoms with E-state index in [0.29, 0.717) is 50.9 Å². The first-order valence-corrected chi connectivity index (χ1v) is 9.74. The van der Waals surface area contributed by atoms with Crippen molar-refractivity contribution in [3.63, 3.8) is 0 Å². The summed E-state index contributed by atoms with van der Waals surface area (Å²) in [6.45, 7) is 9.15. The quantitative estimate of drug-likeness (QED) is 0.429. The SMILES string of the molecule is CCNC(=NCc1ccc(F)c(COC)c1)NCC(C)(O)CN1CCOCC1. The summed E-state index contributed by atoms with van der Waals surface area (Å²) in [7, 11) is 1.54. The summed E-state index contributed by atoms with van der Waals surface area (Å²) in [4.78, 5) is 6.75. The summed E-state index contributed by atoms with van der Waals surface area (Å²) in [6, 6.07) is 4.92. The van der Waals surface area contributed by atoms with Crippen molar-refractivity contribution < 1.29 is 19.0 Å². The molecule has 3 N–H and O–H groups in total. The van der Waals surface area contributed by atoms with E-state index in [2.05, 4.69) is 20.5 Å². The maximum absolute atomic E-state index is 13.7. The Morgan fingerprint density at radius 1 is 1.36 bits per heavy atom. The Labute approximate surface area is 166 Å². The van der Waals surface area contributed by atoms with E-state index in [9.17, 15) is 9.50 Å². The zero-order valence-electron chi connectivity index (χ0n) is 17.1. The molecule has 0 bridgehead atoms. The fraction of sp³-hybridized carbons (Fsp3) is 0.650. The van der Waals surface area contributed by atoms with Crippen LogP contribution in [0.4, 0.5) is 4.39 Å². The van der Waals surface area contributed by atoms with Crippen molar-refractivity contribution in [2.45, 2.75) is 32.6 Å². The lowest BCUT2D eigenvalue weighted by atomic mass is 10.1. The van der Waals surface area contributed by atoms with Crippen LogP contribution in [0.1, 0.15) is 25.0 Å². The standard InChI is InChI=1S/C20H33FN4O3/c1-4-22-19(23-12-16-5-6-18(21)17(11-16)13-27-3)24-14-20(2,26)15-25-7-9-28-10-8-25/h5-6,11,26H,4,7-10,12-15H2,1-3H3,(H2,22,23,24). The predicted octanol–water partition coefficient (Wildman–Crippen LogP) is 1.11. The summed E-state index contributed by atoms with van der Waals surface area (Å²) in [5.41, 5.74) is 0.516. The van der Waals surface area contributed by atoms with Gasteiger partial charge in [0.1, 0.15) is 5.82 Å². The van der Waals surface area contributed by atoms with Crippen molar-refractivity contribution in [3.05, 3.63) is 35.1 Å². The van der Waals surface area contributed by atoms with E-state index < -0.39 is 5.60 Å². The minimum Gasteiger partial charge on any atom is -0.387 e. The molecule has 2 rings (SSSR count). The molecule has 1 aromatic rings. The fourth-order valence-electron chi connectivity index (χ4n) is 3.08. The number of rotatable bonds is 9. The second-order valence-corrected chi connectivity index (χ2v) is 7.29. The number of β-amino-alcohol motifs (C(OH)–C–C–N with tert-alkyl or cyclic N) is 1. The Morgan fingerprint density at radius 2 is 2.11 bits per heavy atom. The lowest BCUT2D eigenvalue weighted by Crippen LogP contribution is -2.52. The van der Waals surface area contributed by atoms with E-state index in [4.69, 9.17) is 9.47 Å². The molecule has 0 saturated carbocycles. The molecule has 0 radical (unpaired) electrons. The molecule has 158 valence electrons. The zero-order chi connectivity index (χ0) is 20.4. The average molecular weight is 397 g/mol. The molecule has 1 atom stereocenters. The highest BCUT2D eigenvalue weighted by Crippen LogP contribution is 2.13. The lowest BCUT2D eigenvalue weighted by molar-refractivity contribution is -0.0201. The summed E-state index contributed by atoms with van der Waals surface area (Å²) in [5, 5.41) is 17.1. The van der Waals surface area contributed by atoms with Gasteiger partial charge in [0.05, 0.1) is 32.0 Å². The minimum absolute atomic E-state index is 0.228. The maximum Gasteiger partial charge on any atom is 0.191 e. The molecule has 1 aliphatic heterocycles. The van der Waals surface area contributed by atoms with Crippen LogP contribution in [-0.2, 0) is 22.6 Å². The highest BCUT2D eigenvalue weighted by atomic mass is 19.1. The van der Waals surface area contributed by atoms with Crippen LogP contribution >= 0.6 is 0 Å². The van der Waals surface area contributed by atoms with Crippen LogP contribution in [0.3, 0.4) is 0 Å². The van der Waals surface area contributed by atoms with Crippen LogP contribution < -0.4 is 10.6 Å². The number of hydrogen-bond acceptors (Lipinski definition) is 5. The third-order valence-corrected chi connectivity index (χ3v) is 4.48. The Kier molecular flexibility index (Phi) is 9.11. The molecular formula is C20H33FN4O3. The first-order valence-electron chi connectivity index (χ1n) is 9.74. The van der Waals surface area contributed by atoms with E-state index in [-0.39, 0.29) is 12.4 Å². The molecule has 1 heterocycles. The molecule has 0 aromatic heterocycles. The third kappa shape index (κ3) is 7.71. The number of nitrogens with one attached hydrogen (secondary N) is 2. The van der Waals surface area contributed by atoms with Crippen molar-refractivity contribution in [3.8, 4) is 0 Å². The van der Waals surface area contributed by atoms with E-state index in [0.717, 1.165) is 18.7 Å². The highest BCUT2D eigenvalue weighted by Gasteiger charge is 2.25. The predicted molar refractivity (Wildman–Crippen MR) is 108 cm³/mol. The highest BCUT2D eigenvalue weighted by molar-refractivity contribution is 5.79. The van der Waals surface area contributed by atoms with Gasteiger partial charge in [-0.05, 0) is 31.5 Å². The summed E-state index contributed by atoms with van der Waals surface area (Å²) in [6.07, 6.45) is 0. The van der Waals surface area contributed by atoms with Gasteiger partial charge < -0.3 is 25.2 Å². The second kappa shape index (κ2) is 11.3. The minimum atomic E-state index is -0.894. The van der Waals surface area contributed by atoms with Crippen molar-refractivity contribution in [2.24, 2.45) is 4.99 Å². The largest absolute Gasteiger partial charge is 0.387 e. The summed E-state index contributed by atoms with van der Waals surface area (Å²) < 4.78 is 24.1. The number of methoxy groups -OCH3 is 1. The van der Waals surface area contributed by atoms with Crippen molar-refractivity contribution in [1.82, 2.24) is 15.5 Å². The van der Waals surface area contributed by atoms with Gasteiger partial charge in [-0.1, -0.05) is 6.07 Å². The molecule has 7 nitrogen and oxygen atoms in total. The monoisotopic (exact) mass is 396 g/mol. The molecule has 0 spiro atoms. The molecule has 8 heteroatoms. The van der Waals surface area contributed by atoms with Gasteiger partial charge >= 0.3 is 0 Å². The van der Waals surface area contributed by atoms with Crippen LogP contribution in [0.15, 0.2) is 23.2 Å². The first-order chi connectivity index (χ1) is 13.4. The van der Waals surface area contributed by atoms with Gasteiger partial charge in [0.25, 0.3) is 0 Å². The molecule has 1 aromatic carbocycles. The number of hydrogen-bond donors (Lipinski definition) is 3. The first kappa shape index (κ1) is 22.5. The number of aliphatic hydroxyl groups is 1. The van der Waals surface area contributed by atoms with Gasteiger partial charge in [-0.3, -0.25) is 4.90 Å². The number of ether oxygens (including phenoxy) is 2. The molecule has 1 aliphatic rings. The molecule has 1 unspecified atom stereocenters. The van der Waals surface area contributed by atoms with Crippen LogP contribution in [0.2, 0.25) is 0 Å². The maximum atomic E-state index is 13.7. The van der Waals surface area contributed by atoms with Crippen molar-refractivity contribution in [2.75, 3.05) is 53.0 Å². The molecule has 28 heavy (non-hydrogen) atoms. The van der Waals surface area contributed by atoms with Crippen LogP contribution in [0.5, 0.6) is 0 Å².